The fraction of sp³-hybridized carbons (Fsp3) is 0.100. The summed E-state index contributed by atoms with van der Waals surface area (Å²) in [6.45, 7) is 1.94. The minimum atomic E-state index is -0.161. The molecular formula is C20H16ClN3O2S. The van der Waals surface area contributed by atoms with Crippen LogP contribution in [0.15, 0.2) is 54.6 Å². The molecule has 0 aliphatic rings. The summed E-state index contributed by atoms with van der Waals surface area (Å²) in [7, 11) is 1.60. The Bertz CT molecular complexity index is 1130. The lowest BCUT2D eigenvalue weighted by Gasteiger charge is -2.06. The minimum Gasteiger partial charge on any atom is -0.497 e. The molecule has 2 heterocycles. The maximum atomic E-state index is 12.7. The summed E-state index contributed by atoms with van der Waals surface area (Å²) >= 11 is 7.38. The third-order valence-electron chi connectivity index (χ3n) is 4.17. The van der Waals surface area contributed by atoms with Gasteiger partial charge in [0.1, 0.15) is 10.6 Å². The number of carbonyl (C=O) groups excluding carboxylic acids is 1. The lowest BCUT2D eigenvalue weighted by molar-refractivity contribution is 0.103. The van der Waals surface area contributed by atoms with Crippen LogP contribution in [0.3, 0.4) is 0 Å². The molecule has 0 unspecified atom stereocenters. The molecule has 2 aromatic heterocycles. The number of rotatable bonds is 4. The first-order valence-corrected chi connectivity index (χ1v) is 9.45. The number of amides is 1. The molecule has 0 atom stereocenters. The number of methoxy groups -OCH3 is 1. The zero-order valence-electron chi connectivity index (χ0n) is 14.7. The molecule has 0 radical (unpaired) electrons. The molecule has 0 aliphatic carbocycles. The van der Waals surface area contributed by atoms with Gasteiger partial charge in [0.05, 0.1) is 23.4 Å². The molecule has 0 aliphatic heterocycles. The highest BCUT2D eigenvalue weighted by Crippen LogP contribution is 2.31. The van der Waals surface area contributed by atoms with E-state index in [1.165, 1.54) is 11.3 Å². The van der Waals surface area contributed by atoms with Crippen molar-refractivity contribution in [2.24, 2.45) is 0 Å². The van der Waals surface area contributed by atoms with Crippen molar-refractivity contribution < 1.29 is 9.53 Å². The van der Waals surface area contributed by atoms with E-state index < -0.39 is 0 Å². The molecule has 0 fully saturated rings. The van der Waals surface area contributed by atoms with Gasteiger partial charge in [-0.2, -0.15) is 5.10 Å². The van der Waals surface area contributed by atoms with Crippen LogP contribution < -0.4 is 10.1 Å². The number of aromatic nitrogens is 2. The van der Waals surface area contributed by atoms with Gasteiger partial charge in [0.2, 0.25) is 0 Å². The second kappa shape index (κ2) is 7.06. The fourth-order valence-corrected chi connectivity index (χ4v) is 4.01. The highest BCUT2D eigenvalue weighted by molar-refractivity contribution is 7.20. The molecular weight excluding hydrogens is 382 g/mol. The van der Waals surface area contributed by atoms with E-state index in [1.807, 2.05) is 60.1 Å². The molecule has 1 N–H and O–H groups in total. The van der Waals surface area contributed by atoms with Crippen LogP contribution in [0.1, 0.15) is 15.4 Å². The number of hydrogen-bond acceptors (Lipinski definition) is 4. The Hall–Kier alpha value is -2.83. The van der Waals surface area contributed by atoms with Crippen molar-refractivity contribution in [3.05, 3.63) is 70.2 Å². The quantitative estimate of drug-likeness (QED) is 0.507. The predicted molar refractivity (Wildman–Crippen MR) is 110 cm³/mol. The molecule has 0 saturated heterocycles. The summed E-state index contributed by atoms with van der Waals surface area (Å²) in [5.74, 6) is 0.532. The zero-order chi connectivity index (χ0) is 19.0. The van der Waals surface area contributed by atoms with Crippen molar-refractivity contribution in [2.45, 2.75) is 6.92 Å². The second-order valence-corrected chi connectivity index (χ2v) is 7.46. The smallest absolute Gasteiger partial charge is 0.265 e. The Morgan fingerprint density at radius 1 is 1.19 bits per heavy atom. The topological polar surface area (TPSA) is 56.1 Å². The van der Waals surface area contributed by atoms with Gasteiger partial charge >= 0.3 is 0 Å². The van der Waals surface area contributed by atoms with Gasteiger partial charge < -0.3 is 10.1 Å². The number of fused-ring (bicyclic) bond motifs is 1. The summed E-state index contributed by atoms with van der Waals surface area (Å²) in [4.78, 5) is 14.2. The molecule has 5 nitrogen and oxygen atoms in total. The molecule has 7 heteroatoms. The van der Waals surface area contributed by atoms with Crippen molar-refractivity contribution in [3.8, 4) is 11.4 Å². The number of nitrogens with zero attached hydrogens (tertiary/aromatic N) is 2. The second-order valence-electron chi connectivity index (χ2n) is 5.99. The SMILES string of the molecule is COc1cccc(NC(=O)c2cc3c(C)nn(-c4ccc(Cl)cc4)c3s2)c1. The third-order valence-corrected chi connectivity index (χ3v) is 5.53. The van der Waals surface area contributed by atoms with Crippen LogP contribution in [0.2, 0.25) is 5.02 Å². The summed E-state index contributed by atoms with van der Waals surface area (Å²) < 4.78 is 7.04. The Labute approximate surface area is 165 Å². The van der Waals surface area contributed by atoms with Crippen LogP contribution in [0.25, 0.3) is 15.9 Å². The number of nitrogens with one attached hydrogen (secondary N) is 1. The number of thiophene rings is 1. The first-order chi connectivity index (χ1) is 13.0. The first-order valence-electron chi connectivity index (χ1n) is 8.25. The molecule has 0 bridgehead atoms. The van der Waals surface area contributed by atoms with Gasteiger partial charge in [-0.25, -0.2) is 4.68 Å². The van der Waals surface area contributed by atoms with Crippen LogP contribution in [0, 0.1) is 6.92 Å². The Morgan fingerprint density at radius 2 is 1.96 bits per heavy atom. The first kappa shape index (κ1) is 17.6. The summed E-state index contributed by atoms with van der Waals surface area (Å²) in [5, 5.41) is 9.14. The average Bonchev–Trinajstić information content (AvgIpc) is 3.24. The van der Waals surface area contributed by atoms with E-state index in [0.29, 0.717) is 21.3 Å². The lowest BCUT2D eigenvalue weighted by atomic mass is 10.2. The van der Waals surface area contributed by atoms with E-state index in [0.717, 1.165) is 21.6 Å². The molecule has 4 aromatic rings. The van der Waals surface area contributed by atoms with Gasteiger partial charge in [-0.15, -0.1) is 11.3 Å². The number of anilines is 1. The Morgan fingerprint density at radius 3 is 2.70 bits per heavy atom. The molecule has 4 rings (SSSR count). The highest BCUT2D eigenvalue weighted by atomic mass is 35.5. The molecule has 0 spiro atoms. The maximum absolute atomic E-state index is 12.7. The zero-order valence-corrected chi connectivity index (χ0v) is 16.3. The molecule has 1 amide bonds. The standard InChI is InChI=1S/C20H16ClN3O2S/c1-12-17-11-18(19(25)22-14-4-3-5-16(10-14)26-2)27-20(17)24(23-12)15-8-6-13(21)7-9-15/h3-11H,1-2H3,(H,22,25). The van der Waals surface area contributed by atoms with E-state index in [1.54, 1.807) is 13.2 Å². The van der Waals surface area contributed by atoms with Crippen molar-refractivity contribution in [3.63, 3.8) is 0 Å². The fourth-order valence-electron chi connectivity index (χ4n) is 2.81. The van der Waals surface area contributed by atoms with Gasteiger partial charge in [0.15, 0.2) is 0 Å². The van der Waals surface area contributed by atoms with Crippen LogP contribution in [-0.4, -0.2) is 22.8 Å². The van der Waals surface area contributed by atoms with Crippen LogP contribution in [0.5, 0.6) is 5.75 Å². The third kappa shape index (κ3) is 3.41. The van der Waals surface area contributed by atoms with Gasteiger partial charge in [0, 0.05) is 22.2 Å². The van der Waals surface area contributed by atoms with E-state index in [-0.39, 0.29) is 5.91 Å². The van der Waals surface area contributed by atoms with Crippen LogP contribution in [0.4, 0.5) is 5.69 Å². The number of carbonyl (C=O) groups is 1. The van der Waals surface area contributed by atoms with E-state index in [2.05, 4.69) is 10.4 Å². The highest BCUT2D eigenvalue weighted by Gasteiger charge is 2.17. The number of aryl methyl sites for hydroxylation is 1. The van der Waals surface area contributed by atoms with Gasteiger partial charge in [-0.1, -0.05) is 17.7 Å². The number of hydrogen-bond donors (Lipinski definition) is 1. The Balaban J connectivity index is 1.68. The number of halogens is 1. The van der Waals surface area contributed by atoms with Gasteiger partial charge in [0.25, 0.3) is 5.91 Å². The minimum absolute atomic E-state index is 0.161. The van der Waals surface area contributed by atoms with Crippen molar-refractivity contribution in [1.82, 2.24) is 9.78 Å². The van der Waals surface area contributed by atoms with Crippen LogP contribution >= 0.6 is 22.9 Å². The van der Waals surface area contributed by atoms with Gasteiger partial charge in [-0.05, 0) is 49.4 Å². The van der Waals surface area contributed by atoms with Crippen molar-refractivity contribution in [2.75, 3.05) is 12.4 Å². The summed E-state index contributed by atoms with van der Waals surface area (Å²) in [6, 6.07) is 16.6. The number of benzene rings is 2. The number of ether oxygens (including phenoxy) is 1. The maximum Gasteiger partial charge on any atom is 0.265 e. The van der Waals surface area contributed by atoms with Crippen molar-refractivity contribution >= 4 is 44.7 Å². The molecule has 27 heavy (non-hydrogen) atoms. The van der Waals surface area contributed by atoms with Crippen molar-refractivity contribution in [1.29, 1.82) is 0 Å². The molecule has 0 saturated carbocycles. The molecule has 136 valence electrons. The van der Waals surface area contributed by atoms with E-state index >= 15 is 0 Å². The average molecular weight is 398 g/mol. The Kier molecular flexibility index (Phi) is 4.59. The normalized spacial score (nSPS) is 10.9. The predicted octanol–water partition coefficient (Wildman–Crippen LogP) is 5.31. The monoisotopic (exact) mass is 397 g/mol. The summed E-state index contributed by atoms with van der Waals surface area (Å²) in [6.07, 6.45) is 0. The van der Waals surface area contributed by atoms with Crippen LogP contribution in [-0.2, 0) is 0 Å². The largest absolute Gasteiger partial charge is 0.497 e. The summed E-state index contributed by atoms with van der Waals surface area (Å²) in [5.41, 5.74) is 2.46. The molecule has 2 aromatic carbocycles. The van der Waals surface area contributed by atoms with Gasteiger partial charge in [-0.3, -0.25) is 4.79 Å². The van der Waals surface area contributed by atoms with E-state index in [9.17, 15) is 4.79 Å². The van der Waals surface area contributed by atoms with E-state index in [4.69, 9.17) is 16.3 Å². The lowest BCUT2D eigenvalue weighted by Crippen LogP contribution is -2.10.